The lowest BCUT2D eigenvalue weighted by Gasteiger charge is -2.05. The van der Waals surface area contributed by atoms with Gasteiger partial charge in [-0.05, 0) is 17.7 Å². The number of methoxy groups -OCH3 is 1. The van der Waals surface area contributed by atoms with Crippen molar-refractivity contribution in [3.05, 3.63) is 47.2 Å². The van der Waals surface area contributed by atoms with E-state index in [1.165, 1.54) is 27.8 Å². The van der Waals surface area contributed by atoms with Crippen LogP contribution in [0.1, 0.15) is 11.4 Å². The zero-order chi connectivity index (χ0) is 17.6. The predicted molar refractivity (Wildman–Crippen MR) is 97.4 cm³/mol. The third kappa shape index (κ3) is 4.48. The van der Waals surface area contributed by atoms with Gasteiger partial charge in [0.1, 0.15) is 5.75 Å². The number of nitrogens with one attached hydrogen (secondary N) is 1. The van der Waals surface area contributed by atoms with Crippen molar-refractivity contribution in [2.45, 2.75) is 11.6 Å². The molecule has 0 bridgehead atoms. The monoisotopic (exact) mass is 376 g/mol. The summed E-state index contributed by atoms with van der Waals surface area (Å²) in [6.07, 6.45) is 2.18. The topological polar surface area (TPSA) is 108 Å². The molecule has 3 N–H and O–H groups in total. The highest BCUT2D eigenvalue weighted by molar-refractivity contribution is 7.99. The molecule has 0 unspecified atom stereocenters. The number of amides is 1. The first-order chi connectivity index (χ1) is 12.2. The van der Waals surface area contributed by atoms with Crippen molar-refractivity contribution in [1.29, 1.82) is 0 Å². The van der Waals surface area contributed by atoms with E-state index in [0.29, 0.717) is 22.5 Å². The number of nitrogens with two attached hydrogens (primary N) is 1. The van der Waals surface area contributed by atoms with E-state index in [0.717, 1.165) is 11.3 Å². The summed E-state index contributed by atoms with van der Waals surface area (Å²) in [6, 6.07) is 7.65. The summed E-state index contributed by atoms with van der Waals surface area (Å²) in [4.78, 5) is 15.9. The molecule has 8 nitrogen and oxygen atoms in total. The number of hydrogen-bond donors (Lipinski definition) is 2. The number of benzene rings is 1. The molecular weight excluding hydrogens is 360 g/mol. The van der Waals surface area contributed by atoms with E-state index < -0.39 is 0 Å². The quantitative estimate of drug-likeness (QED) is 0.478. The summed E-state index contributed by atoms with van der Waals surface area (Å²) in [5.41, 5.74) is 1.04. The lowest BCUT2D eigenvalue weighted by molar-refractivity contribution is -0.113. The number of thioether (sulfide) groups is 1. The van der Waals surface area contributed by atoms with Gasteiger partial charge in [0.25, 0.3) is 0 Å². The maximum Gasteiger partial charge on any atom is 0.236 e. The second-order valence-corrected chi connectivity index (χ2v) is 6.80. The minimum absolute atomic E-state index is 0.167. The molecule has 2 aromatic heterocycles. The van der Waals surface area contributed by atoms with Gasteiger partial charge in [0.15, 0.2) is 11.0 Å². The van der Waals surface area contributed by atoms with Gasteiger partial charge in [-0.3, -0.25) is 4.79 Å². The number of nitrogens with zero attached hydrogens (tertiary/aromatic N) is 4. The first-order valence-corrected chi connectivity index (χ1v) is 9.16. The Kier molecular flexibility index (Phi) is 5.51. The van der Waals surface area contributed by atoms with E-state index in [2.05, 4.69) is 20.5 Å². The lowest BCUT2D eigenvalue weighted by atomic mass is 10.1. The molecular formula is C15H16N6O2S2. The standard InChI is InChI=1S/C15H16N6O2S2/c1-23-11-4-2-10(3-5-11)8-12-19-20-15(21(12)16)25-9-13(22)18-14-17-6-7-24-14/h2-7H,8-9,16H2,1H3,(H,17,18,22). The van der Waals surface area contributed by atoms with Gasteiger partial charge < -0.3 is 15.9 Å². The average Bonchev–Trinajstić information content (AvgIpc) is 3.25. The van der Waals surface area contributed by atoms with Crippen LogP contribution in [0.5, 0.6) is 5.75 Å². The Bertz CT molecular complexity index is 832. The SMILES string of the molecule is COc1ccc(Cc2nnc(SCC(=O)Nc3nccs3)n2N)cc1. The van der Waals surface area contributed by atoms with Gasteiger partial charge in [-0.2, -0.15) is 0 Å². The molecule has 0 saturated carbocycles. The van der Waals surface area contributed by atoms with Gasteiger partial charge >= 0.3 is 0 Å². The van der Waals surface area contributed by atoms with Crippen LogP contribution in [-0.4, -0.2) is 38.6 Å². The van der Waals surface area contributed by atoms with Gasteiger partial charge in [-0.15, -0.1) is 21.5 Å². The average molecular weight is 376 g/mol. The van der Waals surface area contributed by atoms with Crippen LogP contribution in [0.25, 0.3) is 0 Å². The molecule has 3 aromatic rings. The van der Waals surface area contributed by atoms with Crippen molar-refractivity contribution in [1.82, 2.24) is 19.9 Å². The molecule has 0 aliphatic heterocycles. The highest BCUT2D eigenvalue weighted by Crippen LogP contribution is 2.18. The number of thiazole rings is 1. The molecule has 0 saturated heterocycles. The van der Waals surface area contributed by atoms with Gasteiger partial charge in [0, 0.05) is 18.0 Å². The molecule has 0 radical (unpaired) electrons. The number of ether oxygens (including phenoxy) is 1. The molecule has 1 amide bonds. The van der Waals surface area contributed by atoms with Crippen molar-refractivity contribution in [2.75, 3.05) is 24.0 Å². The molecule has 25 heavy (non-hydrogen) atoms. The molecule has 0 spiro atoms. The number of nitrogen functional groups attached to an aromatic ring is 1. The summed E-state index contributed by atoms with van der Waals surface area (Å²) in [7, 11) is 1.62. The van der Waals surface area contributed by atoms with E-state index in [1.807, 2.05) is 24.3 Å². The van der Waals surface area contributed by atoms with E-state index in [9.17, 15) is 4.79 Å². The summed E-state index contributed by atoms with van der Waals surface area (Å²) in [5.74, 6) is 7.46. The maximum absolute atomic E-state index is 11.9. The summed E-state index contributed by atoms with van der Waals surface area (Å²) >= 11 is 2.59. The van der Waals surface area contributed by atoms with Crippen LogP contribution in [0.4, 0.5) is 5.13 Å². The fraction of sp³-hybridized carbons (Fsp3) is 0.200. The van der Waals surface area contributed by atoms with E-state index in [1.54, 1.807) is 18.7 Å². The van der Waals surface area contributed by atoms with Crippen molar-refractivity contribution >= 4 is 34.1 Å². The number of hydrogen-bond acceptors (Lipinski definition) is 8. The van der Waals surface area contributed by atoms with Crippen molar-refractivity contribution in [2.24, 2.45) is 0 Å². The van der Waals surface area contributed by atoms with Gasteiger partial charge in [0.05, 0.1) is 12.9 Å². The van der Waals surface area contributed by atoms with Gasteiger partial charge in [0.2, 0.25) is 11.1 Å². The number of anilines is 1. The molecule has 0 aliphatic rings. The zero-order valence-electron chi connectivity index (χ0n) is 13.4. The predicted octanol–water partition coefficient (Wildman–Crippen LogP) is 1.78. The van der Waals surface area contributed by atoms with Crippen molar-refractivity contribution in [3.63, 3.8) is 0 Å². The first-order valence-electron chi connectivity index (χ1n) is 7.30. The lowest BCUT2D eigenvalue weighted by Crippen LogP contribution is -2.17. The number of rotatable bonds is 7. The Morgan fingerprint density at radius 2 is 2.16 bits per heavy atom. The van der Waals surface area contributed by atoms with Crippen molar-refractivity contribution < 1.29 is 9.53 Å². The minimum atomic E-state index is -0.167. The van der Waals surface area contributed by atoms with Crippen LogP contribution in [-0.2, 0) is 11.2 Å². The van der Waals surface area contributed by atoms with Crippen LogP contribution in [0, 0.1) is 0 Å². The summed E-state index contributed by atoms with van der Waals surface area (Å²) in [6.45, 7) is 0. The Morgan fingerprint density at radius 3 is 2.84 bits per heavy atom. The Balaban J connectivity index is 1.57. The van der Waals surface area contributed by atoms with E-state index in [-0.39, 0.29) is 11.7 Å². The second-order valence-electron chi connectivity index (χ2n) is 4.97. The molecule has 130 valence electrons. The van der Waals surface area contributed by atoms with Crippen molar-refractivity contribution in [3.8, 4) is 5.75 Å². The Labute approximate surface area is 152 Å². The molecule has 0 fully saturated rings. The highest BCUT2D eigenvalue weighted by Gasteiger charge is 2.13. The third-order valence-electron chi connectivity index (χ3n) is 3.27. The molecule has 3 rings (SSSR count). The number of carbonyl (C=O) groups excluding carboxylic acids is 1. The molecule has 0 atom stereocenters. The van der Waals surface area contributed by atoms with Crippen LogP contribution < -0.4 is 15.9 Å². The molecule has 1 aromatic carbocycles. The largest absolute Gasteiger partial charge is 0.497 e. The van der Waals surface area contributed by atoms with Gasteiger partial charge in [-0.25, -0.2) is 9.66 Å². The first kappa shape index (κ1) is 17.2. The minimum Gasteiger partial charge on any atom is -0.497 e. The van der Waals surface area contributed by atoms with Crippen LogP contribution in [0.15, 0.2) is 41.0 Å². The smallest absolute Gasteiger partial charge is 0.236 e. The van der Waals surface area contributed by atoms with E-state index >= 15 is 0 Å². The molecule has 10 heteroatoms. The van der Waals surface area contributed by atoms with Crippen LogP contribution in [0.3, 0.4) is 0 Å². The van der Waals surface area contributed by atoms with Crippen LogP contribution >= 0.6 is 23.1 Å². The highest BCUT2D eigenvalue weighted by atomic mass is 32.2. The summed E-state index contributed by atoms with van der Waals surface area (Å²) < 4.78 is 6.54. The maximum atomic E-state index is 11.9. The fourth-order valence-electron chi connectivity index (χ4n) is 2.02. The molecule has 0 aliphatic carbocycles. The zero-order valence-corrected chi connectivity index (χ0v) is 15.0. The Hall–Kier alpha value is -2.59. The number of carbonyl (C=O) groups is 1. The second kappa shape index (κ2) is 7.99. The normalized spacial score (nSPS) is 10.6. The number of aromatic nitrogens is 4. The van der Waals surface area contributed by atoms with E-state index in [4.69, 9.17) is 10.6 Å². The molecule has 2 heterocycles. The van der Waals surface area contributed by atoms with Crippen LogP contribution in [0.2, 0.25) is 0 Å². The fourth-order valence-corrected chi connectivity index (χ4v) is 3.24. The third-order valence-corrected chi connectivity index (χ3v) is 4.90. The Morgan fingerprint density at radius 1 is 1.36 bits per heavy atom. The summed E-state index contributed by atoms with van der Waals surface area (Å²) in [5, 5.41) is 13.7. The van der Waals surface area contributed by atoms with Gasteiger partial charge in [-0.1, -0.05) is 23.9 Å².